The van der Waals surface area contributed by atoms with Crippen LogP contribution in [0.4, 0.5) is 5.82 Å². The van der Waals surface area contributed by atoms with E-state index >= 15 is 0 Å². The van der Waals surface area contributed by atoms with E-state index in [0.29, 0.717) is 17.6 Å². The Morgan fingerprint density at radius 3 is 2.74 bits per heavy atom. The van der Waals surface area contributed by atoms with Gasteiger partial charge in [0.25, 0.3) is 5.91 Å². The summed E-state index contributed by atoms with van der Waals surface area (Å²) in [5.41, 5.74) is 1.17. The van der Waals surface area contributed by atoms with E-state index in [-0.39, 0.29) is 30.7 Å². The van der Waals surface area contributed by atoms with Crippen LogP contribution in [0.5, 0.6) is 0 Å². The molecule has 9 heteroatoms. The molecular weight excluding hydrogens is 339 g/mol. The average Bonchev–Trinajstić information content (AvgIpc) is 2.98. The summed E-state index contributed by atoms with van der Waals surface area (Å²) in [5, 5.41) is 14.1. The maximum Gasteiger partial charge on any atom is 0.278 e. The maximum absolute atomic E-state index is 12.1. The van der Waals surface area contributed by atoms with Crippen molar-refractivity contribution < 1.29 is 4.79 Å². The predicted molar refractivity (Wildman–Crippen MR) is 92.6 cm³/mol. The molecule has 3 heterocycles. The zero-order chi connectivity index (χ0) is 14.7. The molecule has 23 heavy (non-hydrogen) atoms. The minimum atomic E-state index is -0.284. The second-order valence-electron chi connectivity index (χ2n) is 5.18. The maximum atomic E-state index is 12.1. The Morgan fingerprint density at radius 1 is 1.30 bits per heavy atom. The van der Waals surface area contributed by atoms with E-state index in [1.54, 1.807) is 16.9 Å². The number of pyridine rings is 1. The van der Waals surface area contributed by atoms with Gasteiger partial charge < -0.3 is 10.6 Å². The molecule has 0 aliphatic carbocycles. The van der Waals surface area contributed by atoms with Crippen molar-refractivity contribution in [1.29, 1.82) is 0 Å². The number of aromatic nitrogens is 4. The number of carbonyl (C=O) groups is 1. The molecule has 0 saturated carbocycles. The molecule has 1 fully saturated rings. The van der Waals surface area contributed by atoms with Crippen molar-refractivity contribution in [2.45, 2.75) is 25.8 Å². The quantitative estimate of drug-likeness (QED) is 0.876. The van der Waals surface area contributed by atoms with Gasteiger partial charge in [-0.05, 0) is 45.0 Å². The Balaban J connectivity index is 0.00000132. The van der Waals surface area contributed by atoms with Crippen LogP contribution in [0.2, 0.25) is 0 Å². The second kappa shape index (κ2) is 8.81. The van der Waals surface area contributed by atoms with Gasteiger partial charge in [0.05, 0.1) is 12.2 Å². The number of rotatable bonds is 3. The molecule has 0 unspecified atom stereocenters. The molecule has 0 aromatic carbocycles. The number of hydrogen-bond acceptors (Lipinski definition) is 5. The summed E-state index contributed by atoms with van der Waals surface area (Å²) in [6, 6.07) is 5.80. The Bertz CT molecular complexity index is 642. The third-order valence-corrected chi connectivity index (χ3v) is 3.56. The minimum Gasteiger partial charge on any atom is -0.317 e. The van der Waals surface area contributed by atoms with Crippen LogP contribution in [-0.2, 0) is 0 Å². The molecule has 1 amide bonds. The molecule has 2 aromatic heterocycles. The first-order valence-corrected chi connectivity index (χ1v) is 7.10. The summed E-state index contributed by atoms with van der Waals surface area (Å²) < 4.78 is 1.79. The Hall–Kier alpha value is -1.70. The average molecular weight is 359 g/mol. The van der Waals surface area contributed by atoms with Crippen molar-refractivity contribution >= 4 is 36.5 Å². The Kier molecular flexibility index (Phi) is 7.41. The van der Waals surface area contributed by atoms with Gasteiger partial charge in [0.15, 0.2) is 5.69 Å². The molecule has 1 aliphatic rings. The molecule has 1 aliphatic heterocycles. The molecule has 1 saturated heterocycles. The van der Waals surface area contributed by atoms with Crippen molar-refractivity contribution in [3.8, 4) is 0 Å². The number of amides is 1. The number of aryl methyl sites for hydroxylation is 1. The van der Waals surface area contributed by atoms with Crippen LogP contribution in [0.15, 0.2) is 24.4 Å². The fraction of sp³-hybridized carbons (Fsp3) is 0.429. The van der Waals surface area contributed by atoms with E-state index in [0.717, 1.165) is 31.6 Å². The van der Waals surface area contributed by atoms with E-state index in [2.05, 4.69) is 25.9 Å². The fourth-order valence-corrected chi connectivity index (χ4v) is 2.42. The van der Waals surface area contributed by atoms with Gasteiger partial charge in [0.1, 0.15) is 5.82 Å². The van der Waals surface area contributed by atoms with E-state index in [4.69, 9.17) is 0 Å². The van der Waals surface area contributed by atoms with Gasteiger partial charge in [0.2, 0.25) is 0 Å². The predicted octanol–water partition coefficient (Wildman–Crippen LogP) is 2.00. The highest BCUT2D eigenvalue weighted by atomic mass is 35.5. The van der Waals surface area contributed by atoms with Crippen LogP contribution in [0.25, 0.3) is 0 Å². The summed E-state index contributed by atoms with van der Waals surface area (Å²) in [7, 11) is 0. The van der Waals surface area contributed by atoms with Gasteiger partial charge in [-0.2, -0.15) is 0 Å². The monoisotopic (exact) mass is 358 g/mol. The first kappa shape index (κ1) is 19.3. The van der Waals surface area contributed by atoms with Gasteiger partial charge in [0, 0.05) is 5.69 Å². The molecule has 3 rings (SSSR count). The number of halogens is 2. The van der Waals surface area contributed by atoms with Crippen LogP contribution in [0.1, 0.15) is 35.1 Å². The summed E-state index contributed by atoms with van der Waals surface area (Å²) in [5.74, 6) is 0.240. The summed E-state index contributed by atoms with van der Waals surface area (Å²) in [4.78, 5) is 16.4. The standard InChI is InChI=1S/C14H18N6O.2ClH/c1-10-3-2-4-13(16-10)17-14(21)12-9-20(19-18-12)11-5-7-15-8-6-11;;/h2-4,9,11,15H,5-8H2,1H3,(H,16,17,21);2*1H. The van der Waals surface area contributed by atoms with Gasteiger partial charge >= 0.3 is 0 Å². The number of nitrogens with one attached hydrogen (secondary N) is 2. The third-order valence-electron chi connectivity index (χ3n) is 3.56. The largest absolute Gasteiger partial charge is 0.317 e. The van der Waals surface area contributed by atoms with Crippen molar-refractivity contribution in [3.63, 3.8) is 0 Å². The molecule has 0 atom stereocenters. The van der Waals surface area contributed by atoms with E-state index < -0.39 is 0 Å². The topological polar surface area (TPSA) is 84.7 Å². The highest BCUT2D eigenvalue weighted by Gasteiger charge is 2.18. The van der Waals surface area contributed by atoms with Gasteiger partial charge in [-0.3, -0.25) is 4.79 Å². The molecule has 0 bridgehead atoms. The SMILES string of the molecule is Cc1cccc(NC(=O)c2cn(C3CCNCC3)nn2)n1.Cl.Cl. The zero-order valence-corrected chi connectivity index (χ0v) is 14.4. The Morgan fingerprint density at radius 2 is 2.04 bits per heavy atom. The lowest BCUT2D eigenvalue weighted by molar-refractivity contribution is 0.102. The van der Waals surface area contributed by atoms with Gasteiger partial charge in [-0.25, -0.2) is 9.67 Å². The van der Waals surface area contributed by atoms with Crippen LogP contribution < -0.4 is 10.6 Å². The highest BCUT2D eigenvalue weighted by molar-refractivity contribution is 6.02. The van der Waals surface area contributed by atoms with Crippen molar-refractivity contribution in [1.82, 2.24) is 25.3 Å². The lowest BCUT2D eigenvalue weighted by Gasteiger charge is -2.22. The molecule has 2 N–H and O–H groups in total. The molecule has 2 aromatic rings. The van der Waals surface area contributed by atoms with E-state index in [9.17, 15) is 4.79 Å². The van der Waals surface area contributed by atoms with Crippen molar-refractivity contribution in [3.05, 3.63) is 35.8 Å². The van der Waals surface area contributed by atoms with Crippen molar-refractivity contribution in [2.24, 2.45) is 0 Å². The van der Waals surface area contributed by atoms with Crippen molar-refractivity contribution in [2.75, 3.05) is 18.4 Å². The Labute approximate surface area is 147 Å². The number of anilines is 1. The molecule has 126 valence electrons. The highest BCUT2D eigenvalue weighted by Crippen LogP contribution is 2.17. The lowest BCUT2D eigenvalue weighted by atomic mass is 10.1. The number of hydrogen-bond donors (Lipinski definition) is 2. The van der Waals surface area contributed by atoms with Crippen LogP contribution >= 0.6 is 24.8 Å². The number of carbonyl (C=O) groups excluding carboxylic acids is 1. The first-order chi connectivity index (χ1) is 10.2. The summed E-state index contributed by atoms with van der Waals surface area (Å²) in [6.07, 6.45) is 3.72. The fourth-order valence-electron chi connectivity index (χ4n) is 2.42. The second-order valence-corrected chi connectivity index (χ2v) is 5.18. The minimum absolute atomic E-state index is 0. The van der Waals surface area contributed by atoms with Crippen LogP contribution in [0.3, 0.4) is 0 Å². The summed E-state index contributed by atoms with van der Waals surface area (Å²) >= 11 is 0. The van der Waals surface area contributed by atoms with E-state index in [1.807, 2.05) is 19.1 Å². The zero-order valence-electron chi connectivity index (χ0n) is 12.7. The molecular formula is C14H20Cl2N6O. The smallest absolute Gasteiger partial charge is 0.278 e. The van der Waals surface area contributed by atoms with Crippen LogP contribution in [-0.4, -0.2) is 39.0 Å². The normalized spacial score (nSPS) is 14.5. The molecule has 0 spiro atoms. The molecule has 0 radical (unpaired) electrons. The first-order valence-electron chi connectivity index (χ1n) is 7.10. The van der Waals surface area contributed by atoms with Crippen LogP contribution in [0, 0.1) is 6.92 Å². The molecule has 7 nitrogen and oxygen atoms in total. The number of nitrogens with zero attached hydrogens (tertiary/aromatic N) is 4. The number of piperidine rings is 1. The van der Waals surface area contributed by atoms with Gasteiger partial charge in [-0.1, -0.05) is 11.3 Å². The third kappa shape index (κ3) is 4.89. The lowest BCUT2D eigenvalue weighted by Crippen LogP contribution is -2.29. The van der Waals surface area contributed by atoms with E-state index in [1.165, 1.54) is 0 Å². The summed E-state index contributed by atoms with van der Waals surface area (Å²) in [6.45, 7) is 3.82. The van der Waals surface area contributed by atoms with Gasteiger partial charge in [-0.15, -0.1) is 29.9 Å².